The lowest BCUT2D eigenvalue weighted by atomic mass is 9.87. The summed E-state index contributed by atoms with van der Waals surface area (Å²) >= 11 is 0. The van der Waals surface area contributed by atoms with Crippen LogP contribution in [0.3, 0.4) is 0 Å². The fourth-order valence-corrected chi connectivity index (χ4v) is 3.00. The molecule has 1 aromatic carbocycles. The summed E-state index contributed by atoms with van der Waals surface area (Å²) in [4.78, 5) is 16.7. The van der Waals surface area contributed by atoms with Crippen LogP contribution in [-0.2, 0) is 11.2 Å². The van der Waals surface area contributed by atoms with Gasteiger partial charge >= 0.3 is 0 Å². The fraction of sp³-hybridized carbons (Fsp3) is 0.368. The number of nitrogens with one attached hydrogen (secondary N) is 1. The second-order valence-corrected chi connectivity index (χ2v) is 5.84. The summed E-state index contributed by atoms with van der Waals surface area (Å²) in [6.45, 7) is 0.890. The third-order valence-electron chi connectivity index (χ3n) is 4.21. The predicted molar refractivity (Wildman–Crippen MR) is 91.2 cm³/mol. The van der Waals surface area contributed by atoms with E-state index >= 15 is 0 Å². The second-order valence-electron chi connectivity index (χ2n) is 5.84. The Bertz CT molecular complexity index is 703. The van der Waals surface area contributed by atoms with Crippen LogP contribution in [0.25, 0.3) is 0 Å². The number of fused-ring (bicyclic) bond motifs is 1. The highest BCUT2D eigenvalue weighted by molar-refractivity contribution is 5.94. The van der Waals surface area contributed by atoms with E-state index in [-0.39, 0.29) is 11.9 Å². The van der Waals surface area contributed by atoms with Crippen molar-refractivity contribution in [2.45, 2.75) is 25.3 Å². The topological polar surface area (TPSA) is 60.5 Å². The molecule has 3 rings (SSSR count). The quantitative estimate of drug-likeness (QED) is 0.829. The molecule has 0 radical (unpaired) electrons. The number of pyridine rings is 1. The number of nitrogens with zero attached hydrogens (tertiary/aromatic N) is 1. The van der Waals surface area contributed by atoms with Gasteiger partial charge in [-0.2, -0.15) is 0 Å². The molecule has 1 N–H and O–H groups in total. The van der Waals surface area contributed by atoms with Crippen LogP contribution in [0.5, 0.6) is 5.88 Å². The summed E-state index contributed by atoms with van der Waals surface area (Å²) in [5.41, 5.74) is 3.11. The van der Waals surface area contributed by atoms with Crippen molar-refractivity contribution in [3.63, 3.8) is 0 Å². The molecule has 1 aliphatic rings. The molecule has 1 atom stereocenters. The summed E-state index contributed by atoms with van der Waals surface area (Å²) in [5.74, 6) is 0.333. The molecule has 0 saturated carbocycles. The number of hydrogen-bond donors (Lipinski definition) is 1. The average Bonchev–Trinajstić information content (AvgIpc) is 2.62. The van der Waals surface area contributed by atoms with Crippen molar-refractivity contribution in [2.24, 2.45) is 0 Å². The maximum absolute atomic E-state index is 12.6. The number of carbonyl (C=O) groups is 1. The summed E-state index contributed by atoms with van der Waals surface area (Å²) in [6, 6.07) is 11.8. The normalized spacial score (nSPS) is 16.3. The SMILES string of the molecule is COCCOc1cc(C(=O)N[C@@H]2CCCc3ccccc32)ccn1. The maximum atomic E-state index is 12.6. The molecule has 24 heavy (non-hydrogen) atoms. The zero-order chi connectivity index (χ0) is 16.8. The van der Waals surface area contributed by atoms with Gasteiger partial charge in [-0.05, 0) is 36.5 Å². The van der Waals surface area contributed by atoms with Gasteiger partial charge in [-0.3, -0.25) is 4.79 Å². The predicted octanol–water partition coefficient (Wildman–Crippen LogP) is 2.91. The molecule has 0 saturated heterocycles. The Hall–Kier alpha value is -2.40. The van der Waals surface area contributed by atoms with Gasteiger partial charge in [0.25, 0.3) is 5.91 Å². The number of ether oxygens (including phenoxy) is 2. The number of methoxy groups -OCH3 is 1. The Kier molecular flexibility index (Phi) is 5.43. The van der Waals surface area contributed by atoms with Gasteiger partial charge in [-0.15, -0.1) is 0 Å². The van der Waals surface area contributed by atoms with Crippen LogP contribution in [-0.4, -0.2) is 31.2 Å². The van der Waals surface area contributed by atoms with E-state index in [0.717, 1.165) is 19.3 Å². The van der Waals surface area contributed by atoms with Gasteiger partial charge in [-0.1, -0.05) is 24.3 Å². The van der Waals surface area contributed by atoms with Gasteiger partial charge in [0.1, 0.15) is 6.61 Å². The molecular weight excluding hydrogens is 304 g/mol. The number of aromatic nitrogens is 1. The number of amides is 1. The minimum Gasteiger partial charge on any atom is -0.475 e. The number of benzene rings is 1. The monoisotopic (exact) mass is 326 g/mol. The Balaban J connectivity index is 1.68. The highest BCUT2D eigenvalue weighted by Crippen LogP contribution is 2.29. The molecule has 126 valence electrons. The van der Waals surface area contributed by atoms with Crippen LogP contribution in [0, 0.1) is 0 Å². The largest absolute Gasteiger partial charge is 0.475 e. The molecular formula is C19H22N2O3. The summed E-state index contributed by atoms with van der Waals surface area (Å²) in [7, 11) is 1.61. The van der Waals surface area contributed by atoms with Crippen LogP contribution < -0.4 is 10.1 Å². The molecule has 0 unspecified atom stereocenters. The molecule has 2 aromatic rings. The third kappa shape index (κ3) is 3.92. The molecule has 1 aromatic heterocycles. The van der Waals surface area contributed by atoms with Gasteiger partial charge in [0.15, 0.2) is 0 Å². The Morgan fingerprint density at radius 1 is 1.29 bits per heavy atom. The number of aryl methyl sites for hydroxylation is 1. The third-order valence-corrected chi connectivity index (χ3v) is 4.21. The smallest absolute Gasteiger partial charge is 0.252 e. The number of carbonyl (C=O) groups excluding carboxylic acids is 1. The van der Waals surface area contributed by atoms with E-state index in [1.807, 2.05) is 6.07 Å². The average molecular weight is 326 g/mol. The fourth-order valence-electron chi connectivity index (χ4n) is 3.00. The summed E-state index contributed by atoms with van der Waals surface area (Å²) < 4.78 is 10.4. The molecule has 1 amide bonds. The van der Waals surface area contributed by atoms with Crippen molar-refractivity contribution in [2.75, 3.05) is 20.3 Å². The van der Waals surface area contributed by atoms with Crippen LogP contribution in [0.15, 0.2) is 42.6 Å². The van der Waals surface area contributed by atoms with Gasteiger partial charge in [0.05, 0.1) is 12.6 Å². The minimum atomic E-state index is -0.101. The first-order valence-corrected chi connectivity index (χ1v) is 8.24. The van der Waals surface area contributed by atoms with Crippen molar-refractivity contribution in [3.8, 4) is 5.88 Å². The standard InChI is InChI=1S/C19H22N2O3/c1-23-11-12-24-18-13-15(9-10-20-18)19(22)21-17-8-4-6-14-5-2-3-7-16(14)17/h2-3,5,7,9-10,13,17H,4,6,8,11-12H2,1H3,(H,21,22)/t17-/m1/s1. The molecule has 0 spiro atoms. The van der Waals surface area contributed by atoms with E-state index in [0.29, 0.717) is 24.7 Å². The summed E-state index contributed by atoms with van der Waals surface area (Å²) in [5, 5.41) is 3.14. The highest BCUT2D eigenvalue weighted by atomic mass is 16.5. The zero-order valence-electron chi connectivity index (χ0n) is 13.8. The van der Waals surface area contributed by atoms with E-state index in [1.54, 1.807) is 25.4 Å². The van der Waals surface area contributed by atoms with Crippen molar-refractivity contribution >= 4 is 5.91 Å². The first kappa shape index (κ1) is 16.5. The number of rotatable bonds is 6. The van der Waals surface area contributed by atoms with Crippen molar-refractivity contribution in [1.82, 2.24) is 10.3 Å². The number of hydrogen-bond acceptors (Lipinski definition) is 4. The Morgan fingerprint density at radius 2 is 2.17 bits per heavy atom. The Labute approximate surface area is 142 Å². The molecule has 0 aliphatic heterocycles. The van der Waals surface area contributed by atoms with Crippen LogP contribution in [0.4, 0.5) is 0 Å². The van der Waals surface area contributed by atoms with Gasteiger partial charge in [0, 0.05) is 24.9 Å². The zero-order valence-corrected chi connectivity index (χ0v) is 13.8. The van der Waals surface area contributed by atoms with E-state index in [1.165, 1.54) is 11.1 Å². The molecule has 5 nitrogen and oxygen atoms in total. The lowest BCUT2D eigenvalue weighted by molar-refractivity contribution is 0.0931. The summed E-state index contributed by atoms with van der Waals surface area (Å²) in [6.07, 6.45) is 4.72. The van der Waals surface area contributed by atoms with Crippen molar-refractivity contribution < 1.29 is 14.3 Å². The van der Waals surface area contributed by atoms with Crippen LogP contribution >= 0.6 is 0 Å². The van der Waals surface area contributed by atoms with Crippen LogP contribution in [0.2, 0.25) is 0 Å². The molecule has 0 bridgehead atoms. The lowest BCUT2D eigenvalue weighted by Crippen LogP contribution is -2.31. The minimum absolute atomic E-state index is 0.0634. The molecule has 0 fully saturated rings. The molecule has 1 heterocycles. The molecule has 5 heteroatoms. The molecule has 1 aliphatic carbocycles. The lowest BCUT2D eigenvalue weighted by Gasteiger charge is -2.26. The van der Waals surface area contributed by atoms with Gasteiger partial charge in [0.2, 0.25) is 5.88 Å². The van der Waals surface area contributed by atoms with E-state index < -0.39 is 0 Å². The van der Waals surface area contributed by atoms with Crippen molar-refractivity contribution in [1.29, 1.82) is 0 Å². The second kappa shape index (κ2) is 7.93. The van der Waals surface area contributed by atoms with Crippen molar-refractivity contribution in [3.05, 3.63) is 59.3 Å². The van der Waals surface area contributed by atoms with E-state index in [2.05, 4.69) is 28.5 Å². The maximum Gasteiger partial charge on any atom is 0.252 e. The van der Waals surface area contributed by atoms with Gasteiger partial charge < -0.3 is 14.8 Å². The first-order chi connectivity index (χ1) is 11.8. The Morgan fingerprint density at radius 3 is 3.04 bits per heavy atom. The van der Waals surface area contributed by atoms with Crippen LogP contribution in [0.1, 0.15) is 40.4 Å². The van der Waals surface area contributed by atoms with E-state index in [4.69, 9.17) is 9.47 Å². The van der Waals surface area contributed by atoms with Gasteiger partial charge in [-0.25, -0.2) is 4.98 Å². The van der Waals surface area contributed by atoms with E-state index in [9.17, 15) is 4.79 Å². The first-order valence-electron chi connectivity index (χ1n) is 8.24. The highest BCUT2D eigenvalue weighted by Gasteiger charge is 2.22.